The van der Waals surface area contributed by atoms with Gasteiger partial charge in [-0.25, -0.2) is 14.8 Å². The number of carbonyl (C=O) groups is 1. The first kappa shape index (κ1) is 13.1. The highest BCUT2D eigenvalue weighted by Crippen LogP contribution is 2.12. The summed E-state index contributed by atoms with van der Waals surface area (Å²) in [4.78, 5) is 26.7. The van der Waals surface area contributed by atoms with E-state index in [0.717, 1.165) is 19.0 Å². The summed E-state index contributed by atoms with van der Waals surface area (Å²) in [5.41, 5.74) is 0. The van der Waals surface area contributed by atoms with E-state index in [0.29, 0.717) is 39.4 Å². The zero-order chi connectivity index (χ0) is 13.8. The van der Waals surface area contributed by atoms with Crippen LogP contribution in [0.15, 0.2) is 18.5 Å². The summed E-state index contributed by atoms with van der Waals surface area (Å²) >= 11 is 0. The van der Waals surface area contributed by atoms with Gasteiger partial charge in [0.2, 0.25) is 5.95 Å². The number of anilines is 1. The summed E-state index contributed by atoms with van der Waals surface area (Å²) in [6.45, 7) is 5.66. The standard InChI is InChI=1S/C13H19N5O2/c19-13(18-8-10-20-11-9-18)17-6-4-16(5-7-17)12-14-2-1-3-15-12/h1-3H,4-11H2. The van der Waals surface area contributed by atoms with Crippen LogP contribution in [0.2, 0.25) is 0 Å². The molecule has 0 N–H and O–H groups in total. The Hall–Kier alpha value is -1.89. The molecule has 3 rings (SSSR count). The van der Waals surface area contributed by atoms with Crippen LogP contribution in [-0.2, 0) is 4.74 Å². The third-order valence-electron chi connectivity index (χ3n) is 3.67. The molecule has 20 heavy (non-hydrogen) atoms. The van der Waals surface area contributed by atoms with Crippen molar-refractivity contribution < 1.29 is 9.53 Å². The van der Waals surface area contributed by atoms with Gasteiger partial charge in [-0.3, -0.25) is 0 Å². The van der Waals surface area contributed by atoms with Crippen LogP contribution < -0.4 is 4.90 Å². The van der Waals surface area contributed by atoms with Gasteiger partial charge in [-0.1, -0.05) is 0 Å². The van der Waals surface area contributed by atoms with Gasteiger partial charge in [-0.2, -0.15) is 0 Å². The number of aromatic nitrogens is 2. The maximum absolute atomic E-state index is 12.3. The Morgan fingerprint density at radius 1 is 0.950 bits per heavy atom. The molecule has 0 spiro atoms. The molecule has 0 bridgehead atoms. The Balaban J connectivity index is 1.54. The Labute approximate surface area is 118 Å². The summed E-state index contributed by atoms with van der Waals surface area (Å²) in [5, 5.41) is 0. The van der Waals surface area contributed by atoms with Crippen molar-refractivity contribution in [2.75, 3.05) is 57.4 Å². The fourth-order valence-corrected chi connectivity index (χ4v) is 2.51. The molecule has 2 saturated heterocycles. The first-order chi connectivity index (χ1) is 9.84. The van der Waals surface area contributed by atoms with Gasteiger partial charge in [0.15, 0.2) is 0 Å². The molecule has 2 fully saturated rings. The number of rotatable bonds is 1. The van der Waals surface area contributed by atoms with E-state index in [1.165, 1.54) is 0 Å². The molecule has 2 amide bonds. The van der Waals surface area contributed by atoms with Crippen molar-refractivity contribution in [2.45, 2.75) is 0 Å². The van der Waals surface area contributed by atoms with E-state index >= 15 is 0 Å². The van der Waals surface area contributed by atoms with Crippen molar-refractivity contribution in [3.8, 4) is 0 Å². The van der Waals surface area contributed by atoms with Crippen molar-refractivity contribution >= 4 is 12.0 Å². The largest absolute Gasteiger partial charge is 0.378 e. The molecule has 2 aliphatic heterocycles. The van der Waals surface area contributed by atoms with Gasteiger partial charge in [0.25, 0.3) is 0 Å². The summed E-state index contributed by atoms with van der Waals surface area (Å²) in [7, 11) is 0. The summed E-state index contributed by atoms with van der Waals surface area (Å²) in [5.74, 6) is 0.742. The number of ether oxygens (including phenoxy) is 1. The lowest BCUT2D eigenvalue weighted by molar-refractivity contribution is 0.0428. The summed E-state index contributed by atoms with van der Waals surface area (Å²) in [6, 6.07) is 1.93. The van der Waals surface area contributed by atoms with Crippen molar-refractivity contribution in [3.63, 3.8) is 0 Å². The molecule has 1 aromatic rings. The Kier molecular flexibility index (Phi) is 3.96. The molecule has 0 saturated carbocycles. The topological polar surface area (TPSA) is 61.8 Å². The van der Waals surface area contributed by atoms with Crippen molar-refractivity contribution in [1.82, 2.24) is 19.8 Å². The number of carbonyl (C=O) groups excluding carboxylic acids is 1. The fraction of sp³-hybridized carbons (Fsp3) is 0.615. The SMILES string of the molecule is O=C(N1CCOCC1)N1CCN(c2ncccn2)CC1. The van der Waals surface area contributed by atoms with Crippen molar-refractivity contribution in [1.29, 1.82) is 0 Å². The second kappa shape index (κ2) is 6.04. The second-order valence-electron chi connectivity index (χ2n) is 4.90. The quantitative estimate of drug-likeness (QED) is 0.726. The first-order valence-corrected chi connectivity index (χ1v) is 6.98. The van der Waals surface area contributed by atoms with Gasteiger partial charge in [0, 0.05) is 51.7 Å². The zero-order valence-electron chi connectivity index (χ0n) is 11.4. The van der Waals surface area contributed by atoms with Gasteiger partial charge in [-0.05, 0) is 6.07 Å². The molecule has 0 aromatic carbocycles. The Bertz CT molecular complexity index is 441. The maximum atomic E-state index is 12.3. The number of amides is 2. The minimum atomic E-state index is 0.127. The minimum absolute atomic E-state index is 0.127. The molecule has 0 aliphatic carbocycles. The lowest BCUT2D eigenvalue weighted by Crippen LogP contribution is -2.55. The number of nitrogens with zero attached hydrogens (tertiary/aromatic N) is 5. The van der Waals surface area contributed by atoms with Crippen LogP contribution in [0.5, 0.6) is 0 Å². The monoisotopic (exact) mass is 277 g/mol. The predicted molar refractivity (Wildman–Crippen MR) is 73.6 cm³/mol. The molecular formula is C13H19N5O2. The van der Waals surface area contributed by atoms with Gasteiger partial charge < -0.3 is 19.4 Å². The summed E-state index contributed by atoms with van der Waals surface area (Å²) in [6.07, 6.45) is 3.49. The Morgan fingerprint density at radius 2 is 1.55 bits per heavy atom. The van der Waals surface area contributed by atoms with Crippen LogP contribution in [0, 0.1) is 0 Å². The molecule has 7 nitrogen and oxygen atoms in total. The van der Waals surface area contributed by atoms with Crippen LogP contribution in [0.1, 0.15) is 0 Å². The lowest BCUT2D eigenvalue weighted by atomic mass is 10.3. The van der Waals surface area contributed by atoms with Crippen LogP contribution in [0.25, 0.3) is 0 Å². The number of hydrogen-bond donors (Lipinski definition) is 0. The van der Waals surface area contributed by atoms with Gasteiger partial charge in [0.1, 0.15) is 0 Å². The van der Waals surface area contributed by atoms with Crippen molar-refractivity contribution in [2.24, 2.45) is 0 Å². The number of piperazine rings is 1. The summed E-state index contributed by atoms with van der Waals surface area (Å²) < 4.78 is 5.27. The zero-order valence-corrected chi connectivity index (χ0v) is 11.4. The highest BCUT2D eigenvalue weighted by molar-refractivity contribution is 5.74. The molecule has 3 heterocycles. The smallest absolute Gasteiger partial charge is 0.320 e. The number of morpholine rings is 1. The third-order valence-corrected chi connectivity index (χ3v) is 3.67. The maximum Gasteiger partial charge on any atom is 0.320 e. The molecule has 0 radical (unpaired) electrons. The highest BCUT2D eigenvalue weighted by Gasteiger charge is 2.26. The van der Waals surface area contributed by atoms with Gasteiger partial charge in [0.05, 0.1) is 13.2 Å². The van der Waals surface area contributed by atoms with Crippen LogP contribution in [-0.4, -0.2) is 78.3 Å². The lowest BCUT2D eigenvalue weighted by Gasteiger charge is -2.38. The van der Waals surface area contributed by atoms with E-state index in [1.807, 2.05) is 15.9 Å². The molecule has 1 aromatic heterocycles. The van der Waals surface area contributed by atoms with E-state index in [9.17, 15) is 4.79 Å². The molecule has 7 heteroatoms. The van der Waals surface area contributed by atoms with Gasteiger partial charge in [-0.15, -0.1) is 0 Å². The predicted octanol–water partition coefficient (Wildman–Crippen LogP) is 0.0508. The minimum Gasteiger partial charge on any atom is -0.378 e. The second-order valence-corrected chi connectivity index (χ2v) is 4.90. The molecule has 108 valence electrons. The third kappa shape index (κ3) is 2.82. The Morgan fingerprint density at radius 3 is 2.20 bits per heavy atom. The van der Waals surface area contributed by atoms with Gasteiger partial charge >= 0.3 is 6.03 Å². The van der Waals surface area contributed by atoms with E-state index < -0.39 is 0 Å². The fourth-order valence-electron chi connectivity index (χ4n) is 2.51. The van der Waals surface area contributed by atoms with Crippen LogP contribution >= 0.6 is 0 Å². The number of hydrogen-bond acceptors (Lipinski definition) is 5. The van der Waals surface area contributed by atoms with E-state index in [-0.39, 0.29) is 6.03 Å². The van der Waals surface area contributed by atoms with E-state index in [2.05, 4.69) is 14.9 Å². The van der Waals surface area contributed by atoms with Crippen molar-refractivity contribution in [3.05, 3.63) is 18.5 Å². The average molecular weight is 277 g/mol. The normalized spacial score (nSPS) is 20.1. The average Bonchev–Trinajstić information content (AvgIpc) is 2.56. The first-order valence-electron chi connectivity index (χ1n) is 6.98. The highest BCUT2D eigenvalue weighted by atomic mass is 16.5. The van der Waals surface area contributed by atoms with Crippen LogP contribution in [0.3, 0.4) is 0 Å². The molecule has 0 unspecified atom stereocenters. The molecule has 2 aliphatic rings. The molecule has 0 atom stereocenters. The van der Waals surface area contributed by atoms with Crippen LogP contribution in [0.4, 0.5) is 10.7 Å². The van der Waals surface area contributed by atoms with E-state index in [4.69, 9.17) is 4.74 Å². The number of urea groups is 1. The molecular weight excluding hydrogens is 258 g/mol. The van der Waals surface area contributed by atoms with E-state index in [1.54, 1.807) is 12.4 Å².